The largest absolute Gasteiger partial charge is 0.379 e. The molecule has 0 aromatic heterocycles. The molecule has 2 saturated heterocycles. The number of morpholine rings is 1. The Hall–Kier alpha value is -1.00. The molecule has 2 heterocycles. The number of nitrogens with one attached hydrogen (secondary N) is 1. The van der Waals surface area contributed by atoms with Gasteiger partial charge in [-0.15, -0.1) is 0 Å². The van der Waals surface area contributed by atoms with Crippen LogP contribution in [0.5, 0.6) is 0 Å². The Labute approximate surface area is 161 Å². The second-order valence-electron chi connectivity index (χ2n) is 7.17. The molecular weight excluding hydrogens is 388 g/mol. The second kappa shape index (κ2) is 8.57. The van der Waals surface area contributed by atoms with Crippen LogP contribution in [0.4, 0.5) is 0 Å². The average molecular weight is 417 g/mol. The van der Waals surface area contributed by atoms with Crippen LogP contribution in [0.25, 0.3) is 0 Å². The zero-order chi connectivity index (χ0) is 19.5. The number of ether oxygens (including phenoxy) is 1. The summed E-state index contributed by atoms with van der Waals surface area (Å²) < 4.78 is 55.8. The summed E-state index contributed by atoms with van der Waals surface area (Å²) in [6.45, 7) is 6.39. The number of rotatable bonds is 7. The molecule has 2 aliphatic heterocycles. The quantitative estimate of drug-likeness (QED) is 0.674. The number of sulfone groups is 2. The molecule has 0 amide bonds. The summed E-state index contributed by atoms with van der Waals surface area (Å²) in [7, 11) is -7.09. The van der Waals surface area contributed by atoms with E-state index in [1.54, 1.807) is 24.3 Å². The first-order valence-electron chi connectivity index (χ1n) is 9.38. The third-order valence-corrected chi connectivity index (χ3v) is 9.46. The molecule has 152 valence electrons. The van der Waals surface area contributed by atoms with Crippen LogP contribution in [0.1, 0.15) is 12.5 Å². The van der Waals surface area contributed by atoms with E-state index in [1.807, 2.05) is 6.92 Å². The van der Waals surface area contributed by atoms with E-state index < -0.39 is 31.0 Å². The van der Waals surface area contributed by atoms with Gasteiger partial charge < -0.3 is 10.1 Å². The summed E-state index contributed by atoms with van der Waals surface area (Å²) in [6, 6.07) is 6.18. The van der Waals surface area contributed by atoms with Gasteiger partial charge in [0.15, 0.2) is 19.7 Å². The van der Waals surface area contributed by atoms with Crippen molar-refractivity contribution in [1.29, 1.82) is 0 Å². The minimum Gasteiger partial charge on any atom is -0.379 e. The van der Waals surface area contributed by atoms with E-state index in [-0.39, 0.29) is 16.4 Å². The molecule has 0 aliphatic carbocycles. The fourth-order valence-electron chi connectivity index (χ4n) is 3.63. The molecule has 3 rings (SSSR count). The summed E-state index contributed by atoms with van der Waals surface area (Å²) in [5.74, 6) is -0.451. The first-order chi connectivity index (χ1) is 12.8. The topological polar surface area (TPSA) is 92.8 Å². The van der Waals surface area contributed by atoms with Crippen molar-refractivity contribution in [1.82, 2.24) is 10.2 Å². The van der Waals surface area contributed by atoms with Crippen LogP contribution in [-0.4, -0.2) is 83.9 Å². The van der Waals surface area contributed by atoms with E-state index in [2.05, 4.69) is 10.2 Å². The van der Waals surface area contributed by atoms with Gasteiger partial charge in [-0.1, -0.05) is 19.1 Å². The van der Waals surface area contributed by atoms with Crippen molar-refractivity contribution >= 4 is 19.7 Å². The predicted octanol–water partition coefficient (Wildman–Crippen LogP) is 0.110. The van der Waals surface area contributed by atoms with Gasteiger partial charge in [-0.3, -0.25) is 4.90 Å². The molecule has 2 aliphatic rings. The van der Waals surface area contributed by atoms with E-state index in [4.69, 9.17) is 4.74 Å². The summed E-state index contributed by atoms with van der Waals surface area (Å²) in [5, 5.41) is 2.25. The number of hydrogen-bond acceptors (Lipinski definition) is 7. The van der Waals surface area contributed by atoms with Crippen LogP contribution in [0.15, 0.2) is 29.2 Å². The lowest BCUT2D eigenvalue weighted by molar-refractivity contribution is 0.0382. The van der Waals surface area contributed by atoms with E-state index in [0.717, 1.165) is 31.6 Å². The van der Waals surface area contributed by atoms with Crippen molar-refractivity contribution in [3.8, 4) is 0 Å². The number of hydrogen-bond donors (Lipinski definition) is 1. The molecule has 1 N–H and O–H groups in total. The fraction of sp³-hybridized carbons (Fsp3) is 0.667. The van der Waals surface area contributed by atoms with Crippen molar-refractivity contribution in [3.63, 3.8) is 0 Å². The Balaban J connectivity index is 1.70. The van der Waals surface area contributed by atoms with E-state index in [1.165, 1.54) is 0 Å². The summed E-state index contributed by atoms with van der Waals surface area (Å²) in [5.41, 5.74) is 1.05. The molecule has 0 spiro atoms. The molecule has 7 nitrogen and oxygen atoms in total. The predicted molar refractivity (Wildman–Crippen MR) is 104 cm³/mol. The van der Waals surface area contributed by atoms with Gasteiger partial charge in [0.1, 0.15) is 0 Å². The Morgan fingerprint density at radius 3 is 2.44 bits per heavy atom. The molecule has 2 atom stereocenters. The van der Waals surface area contributed by atoms with Crippen LogP contribution in [0.3, 0.4) is 0 Å². The van der Waals surface area contributed by atoms with Crippen molar-refractivity contribution in [2.24, 2.45) is 0 Å². The monoisotopic (exact) mass is 416 g/mol. The highest BCUT2D eigenvalue weighted by Gasteiger charge is 2.45. The highest BCUT2D eigenvalue weighted by atomic mass is 32.2. The van der Waals surface area contributed by atoms with Gasteiger partial charge in [0, 0.05) is 32.2 Å². The van der Waals surface area contributed by atoms with Gasteiger partial charge >= 0.3 is 0 Å². The maximum absolute atomic E-state index is 13.1. The number of aryl methyl sites for hydroxylation is 1. The first-order valence-corrected chi connectivity index (χ1v) is 12.8. The molecular formula is C18H28N2O5S2. The normalized spacial score (nSPS) is 26.3. The Bertz CT molecular complexity index is 831. The van der Waals surface area contributed by atoms with Gasteiger partial charge in [-0.25, -0.2) is 16.8 Å². The highest BCUT2D eigenvalue weighted by molar-refractivity contribution is 7.96. The van der Waals surface area contributed by atoms with Gasteiger partial charge in [-0.2, -0.15) is 0 Å². The molecule has 0 radical (unpaired) electrons. The molecule has 0 unspecified atom stereocenters. The van der Waals surface area contributed by atoms with Gasteiger partial charge in [0.05, 0.1) is 34.9 Å². The van der Waals surface area contributed by atoms with Crippen LogP contribution in [0.2, 0.25) is 0 Å². The van der Waals surface area contributed by atoms with Gasteiger partial charge in [0.25, 0.3) is 0 Å². The van der Waals surface area contributed by atoms with E-state index in [0.29, 0.717) is 19.8 Å². The minimum absolute atomic E-state index is 0.132. The van der Waals surface area contributed by atoms with Crippen LogP contribution in [-0.2, 0) is 30.8 Å². The third kappa shape index (κ3) is 5.08. The number of benzene rings is 1. The lowest BCUT2D eigenvalue weighted by Gasteiger charge is -2.27. The van der Waals surface area contributed by atoms with E-state index in [9.17, 15) is 16.8 Å². The van der Waals surface area contributed by atoms with Crippen LogP contribution < -0.4 is 5.32 Å². The fourth-order valence-corrected chi connectivity index (χ4v) is 8.35. The zero-order valence-electron chi connectivity index (χ0n) is 15.6. The molecule has 1 aromatic carbocycles. The molecule has 2 fully saturated rings. The lowest BCUT2D eigenvalue weighted by atomic mass is 10.2. The first kappa shape index (κ1) is 20.7. The minimum atomic E-state index is -3.71. The van der Waals surface area contributed by atoms with Crippen LogP contribution in [0, 0.1) is 0 Å². The van der Waals surface area contributed by atoms with Crippen molar-refractivity contribution < 1.29 is 21.6 Å². The molecule has 9 heteroatoms. The van der Waals surface area contributed by atoms with Gasteiger partial charge in [0.2, 0.25) is 0 Å². The molecule has 27 heavy (non-hydrogen) atoms. The maximum Gasteiger partial charge on any atom is 0.183 e. The molecule has 0 saturated carbocycles. The second-order valence-corrected chi connectivity index (χ2v) is 11.5. The smallest absolute Gasteiger partial charge is 0.183 e. The zero-order valence-corrected chi connectivity index (χ0v) is 17.3. The Morgan fingerprint density at radius 1 is 1.15 bits per heavy atom. The summed E-state index contributed by atoms with van der Waals surface area (Å²) >= 11 is 0. The van der Waals surface area contributed by atoms with Crippen LogP contribution >= 0.6 is 0 Å². The van der Waals surface area contributed by atoms with Crippen molar-refractivity contribution in [2.75, 3.05) is 50.9 Å². The molecule has 1 aromatic rings. The standard InChI is InChI=1S/C18H28N2O5S2/c1-2-15-3-5-16(6-4-15)27(23,24)18-14-26(21,22)13-17(18)19-7-8-20-9-11-25-12-10-20/h3-6,17-19H,2,7-14H2,1H3/t17-,18-/m0/s1. The highest BCUT2D eigenvalue weighted by Crippen LogP contribution is 2.26. The SMILES string of the molecule is CCc1ccc(S(=O)(=O)[C@H]2CS(=O)(=O)C[C@@H]2NCCN2CCOCC2)cc1. The van der Waals surface area contributed by atoms with E-state index >= 15 is 0 Å². The number of nitrogens with zero attached hydrogens (tertiary/aromatic N) is 1. The summed E-state index contributed by atoms with van der Waals surface area (Å²) in [4.78, 5) is 2.43. The third-order valence-electron chi connectivity index (χ3n) is 5.30. The van der Waals surface area contributed by atoms with Gasteiger partial charge in [-0.05, 0) is 24.1 Å². The van der Waals surface area contributed by atoms with Crippen molar-refractivity contribution in [3.05, 3.63) is 29.8 Å². The lowest BCUT2D eigenvalue weighted by Crippen LogP contribution is -2.47. The Kier molecular flexibility index (Phi) is 6.58. The summed E-state index contributed by atoms with van der Waals surface area (Å²) in [6.07, 6.45) is 0.823. The van der Waals surface area contributed by atoms with Crippen molar-refractivity contribution in [2.45, 2.75) is 29.5 Å². The maximum atomic E-state index is 13.1. The molecule has 0 bridgehead atoms. The average Bonchev–Trinajstić information content (AvgIpc) is 2.98. The Morgan fingerprint density at radius 2 is 1.81 bits per heavy atom.